The highest BCUT2D eigenvalue weighted by Crippen LogP contribution is 2.40. The maximum Gasteiger partial charge on any atom is 0.227 e. The topological polar surface area (TPSA) is 29.5 Å². The van der Waals surface area contributed by atoms with Crippen LogP contribution in [0.4, 0.5) is 0 Å². The van der Waals surface area contributed by atoms with E-state index in [1.54, 1.807) is 0 Å². The van der Waals surface area contributed by atoms with Crippen LogP contribution in [0.1, 0.15) is 50.4 Å². The van der Waals surface area contributed by atoms with Gasteiger partial charge in [0.05, 0.1) is 25.1 Å². The van der Waals surface area contributed by atoms with Crippen molar-refractivity contribution in [2.75, 3.05) is 6.61 Å². The summed E-state index contributed by atoms with van der Waals surface area (Å²) in [6.07, 6.45) is 1.08. The van der Waals surface area contributed by atoms with Crippen LogP contribution in [-0.4, -0.2) is 31.8 Å². The first-order chi connectivity index (χ1) is 14.4. The first-order valence-electron chi connectivity index (χ1n) is 10.9. The van der Waals surface area contributed by atoms with Crippen molar-refractivity contribution in [3.63, 3.8) is 0 Å². The molecule has 0 saturated heterocycles. The van der Waals surface area contributed by atoms with Crippen molar-refractivity contribution in [1.82, 2.24) is 4.90 Å². The number of rotatable bonds is 5. The van der Waals surface area contributed by atoms with E-state index in [2.05, 4.69) is 68.9 Å². The molecule has 1 heterocycles. The highest BCUT2D eigenvalue weighted by atomic mass is 79.9. The molecule has 0 unspecified atom stereocenters. The van der Waals surface area contributed by atoms with Gasteiger partial charge in [-0.3, -0.25) is 4.79 Å². The van der Waals surface area contributed by atoms with Crippen LogP contribution in [-0.2, 0) is 22.1 Å². The lowest BCUT2D eigenvalue weighted by atomic mass is 9.88. The van der Waals surface area contributed by atoms with E-state index in [1.807, 2.05) is 35.2 Å². The van der Waals surface area contributed by atoms with E-state index in [4.69, 9.17) is 16.0 Å². The van der Waals surface area contributed by atoms with E-state index in [0.29, 0.717) is 18.1 Å². The molecular weight excluding hydrogens is 490 g/mol. The standard InChI is InChI=1S/C25H33BrClNO2Si/c1-17-20-11-9-12-22(26)21(20)15-19(16-30-31(5,6)25(2,3)4)28(17)24(29)14-18-10-7-8-13-23(18)27/h7-13,17,19H,14-16H2,1-6H3/t17-,19+/m0/s1. The predicted molar refractivity (Wildman–Crippen MR) is 135 cm³/mol. The summed E-state index contributed by atoms with van der Waals surface area (Å²) in [4.78, 5) is 15.6. The van der Waals surface area contributed by atoms with Crippen LogP contribution >= 0.6 is 27.5 Å². The van der Waals surface area contributed by atoms with Gasteiger partial charge in [0.25, 0.3) is 0 Å². The van der Waals surface area contributed by atoms with Crippen molar-refractivity contribution in [3.8, 4) is 0 Å². The third-order valence-electron chi connectivity index (χ3n) is 6.89. The van der Waals surface area contributed by atoms with E-state index >= 15 is 0 Å². The number of fused-ring (bicyclic) bond motifs is 1. The van der Waals surface area contributed by atoms with Crippen molar-refractivity contribution in [1.29, 1.82) is 0 Å². The Morgan fingerprint density at radius 3 is 2.52 bits per heavy atom. The summed E-state index contributed by atoms with van der Waals surface area (Å²) in [6, 6.07) is 13.8. The monoisotopic (exact) mass is 521 g/mol. The number of halogens is 2. The van der Waals surface area contributed by atoms with Gasteiger partial charge in [0, 0.05) is 9.50 Å². The zero-order chi connectivity index (χ0) is 23.0. The number of nitrogens with zero attached hydrogens (tertiary/aromatic N) is 1. The summed E-state index contributed by atoms with van der Waals surface area (Å²) in [7, 11) is -1.93. The van der Waals surface area contributed by atoms with Gasteiger partial charge in [0.1, 0.15) is 0 Å². The average Bonchev–Trinajstić information content (AvgIpc) is 2.68. The van der Waals surface area contributed by atoms with Crippen LogP contribution in [0.2, 0.25) is 23.2 Å². The Morgan fingerprint density at radius 1 is 1.19 bits per heavy atom. The molecule has 0 saturated carbocycles. The van der Waals surface area contributed by atoms with E-state index in [1.165, 1.54) is 11.1 Å². The van der Waals surface area contributed by atoms with Crippen LogP contribution in [0.5, 0.6) is 0 Å². The normalized spacial score (nSPS) is 19.3. The minimum absolute atomic E-state index is 0.00897. The molecule has 0 spiro atoms. The van der Waals surface area contributed by atoms with Gasteiger partial charge in [-0.25, -0.2) is 0 Å². The molecule has 1 aliphatic rings. The first kappa shape index (κ1) is 24.5. The van der Waals surface area contributed by atoms with E-state index in [-0.39, 0.29) is 23.0 Å². The lowest BCUT2D eigenvalue weighted by molar-refractivity contribution is -0.137. The van der Waals surface area contributed by atoms with Crippen LogP contribution in [0, 0.1) is 0 Å². The molecule has 0 aliphatic carbocycles. The fourth-order valence-corrected chi connectivity index (χ4v) is 5.75. The zero-order valence-corrected chi connectivity index (χ0v) is 22.7. The van der Waals surface area contributed by atoms with Gasteiger partial charge in [-0.1, -0.05) is 78.6 Å². The second-order valence-electron chi connectivity index (χ2n) is 9.98. The Labute approximate surface area is 201 Å². The molecule has 2 aromatic carbocycles. The molecule has 168 valence electrons. The third-order valence-corrected chi connectivity index (χ3v) is 12.5. The Balaban J connectivity index is 1.92. The zero-order valence-electron chi connectivity index (χ0n) is 19.3. The SMILES string of the molecule is C[C@H]1c2cccc(Br)c2C[C@H](CO[Si](C)(C)C(C)(C)C)N1C(=O)Cc1ccccc1Cl. The second-order valence-corrected chi connectivity index (χ2v) is 16.1. The largest absolute Gasteiger partial charge is 0.415 e. The van der Waals surface area contributed by atoms with Crippen molar-refractivity contribution in [2.45, 2.75) is 70.8 Å². The molecule has 1 amide bonds. The molecule has 0 fully saturated rings. The smallest absolute Gasteiger partial charge is 0.227 e. The van der Waals surface area contributed by atoms with Crippen molar-refractivity contribution in [3.05, 3.63) is 68.7 Å². The fraction of sp³-hybridized carbons (Fsp3) is 0.480. The molecule has 0 bridgehead atoms. The Morgan fingerprint density at radius 2 is 1.87 bits per heavy atom. The predicted octanol–water partition coefficient (Wildman–Crippen LogP) is 7.18. The first-order valence-corrected chi connectivity index (χ1v) is 15.0. The molecule has 31 heavy (non-hydrogen) atoms. The number of benzene rings is 2. The molecule has 0 aromatic heterocycles. The van der Waals surface area contributed by atoms with Crippen LogP contribution in [0.25, 0.3) is 0 Å². The quantitative estimate of drug-likeness (QED) is 0.389. The number of carbonyl (C=O) groups excluding carboxylic acids is 1. The van der Waals surface area contributed by atoms with Gasteiger partial charge >= 0.3 is 0 Å². The molecular formula is C25H33BrClNO2Si. The van der Waals surface area contributed by atoms with Crippen LogP contribution < -0.4 is 0 Å². The van der Waals surface area contributed by atoms with Crippen LogP contribution in [0.15, 0.2) is 46.9 Å². The second kappa shape index (κ2) is 9.38. The summed E-state index contributed by atoms with van der Waals surface area (Å²) in [5.74, 6) is 0.0926. The summed E-state index contributed by atoms with van der Waals surface area (Å²) in [5, 5.41) is 0.760. The molecule has 3 nitrogen and oxygen atoms in total. The number of amides is 1. The maximum absolute atomic E-state index is 13.6. The van der Waals surface area contributed by atoms with E-state index in [9.17, 15) is 4.79 Å². The number of hydrogen-bond donors (Lipinski definition) is 0. The highest BCUT2D eigenvalue weighted by molar-refractivity contribution is 9.10. The summed E-state index contributed by atoms with van der Waals surface area (Å²) in [5.41, 5.74) is 3.34. The van der Waals surface area contributed by atoms with Crippen LogP contribution in [0.3, 0.4) is 0 Å². The lowest BCUT2D eigenvalue weighted by Gasteiger charge is -2.44. The molecule has 3 rings (SSSR count). The lowest BCUT2D eigenvalue weighted by Crippen LogP contribution is -2.52. The number of carbonyl (C=O) groups is 1. The van der Waals surface area contributed by atoms with Crippen molar-refractivity contribution in [2.24, 2.45) is 0 Å². The van der Waals surface area contributed by atoms with Gasteiger partial charge in [0.2, 0.25) is 5.91 Å². The Kier molecular flexibility index (Phi) is 7.41. The minimum atomic E-state index is -1.93. The van der Waals surface area contributed by atoms with Gasteiger partial charge in [0.15, 0.2) is 8.32 Å². The molecule has 1 aliphatic heterocycles. The Hall–Kier alpha value is -1.14. The summed E-state index contributed by atoms with van der Waals surface area (Å²) in [6.45, 7) is 13.9. The fourth-order valence-electron chi connectivity index (χ4n) is 3.96. The summed E-state index contributed by atoms with van der Waals surface area (Å²) >= 11 is 10.1. The van der Waals surface area contributed by atoms with Gasteiger partial charge < -0.3 is 9.33 Å². The highest BCUT2D eigenvalue weighted by Gasteiger charge is 2.41. The van der Waals surface area contributed by atoms with E-state index < -0.39 is 8.32 Å². The van der Waals surface area contributed by atoms with E-state index in [0.717, 1.165) is 16.5 Å². The molecule has 2 aromatic rings. The third kappa shape index (κ3) is 5.27. The molecule has 0 N–H and O–H groups in total. The Bertz CT molecular complexity index is 957. The average molecular weight is 523 g/mol. The van der Waals surface area contributed by atoms with Crippen molar-refractivity contribution < 1.29 is 9.22 Å². The maximum atomic E-state index is 13.6. The molecule has 6 heteroatoms. The molecule has 0 radical (unpaired) electrons. The minimum Gasteiger partial charge on any atom is -0.415 e. The van der Waals surface area contributed by atoms with Gasteiger partial charge in [-0.2, -0.15) is 0 Å². The van der Waals surface area contributed by atoms with Gasteiger partial charge in [-0.15, -0.1) is 0 Å². The summed E-state index contributed by atoms with van der Waals surface area (Å²) < 4.78 is 7.70. The molecule has 2 atom stereocenters. The van der Waals surface area contributed by atoms with Crippen molar-refractivity contribution >= 4 is 41.8 Å². The number of hydrogen-bond acceptors (Lipinski definition) is 2. The van der Waals surface area contributed by atoms with Gasteiger partial charge in [-0.05, 0) is 60.3 Å².